The Morgan fingerprint density at radius 3 is 2.21 bits per heavy atom. The van der Waals surface area contributed by atoms with Crippen molar-refractivity contribution in [3.05, 3.63) is 77.5 Å². The molecule has 1 aromatic heterocycles. The van der Waals surface area contributed by atoms with E-state index in [0.29, 0.717) is 11.1 Å². The highest BCUT2D eigenvalue weighted by Crippen LogP contribution is 2.40. The van der Waals surface area contributed by atoms with Gasteiger partial charge in [-0.2, -0.15) is 13.2 Å². The normalized spacial score (nSPS) is 15.8. The molecular formula is C25H27F3N+. The monoisotopic (exact) mass is 403 g/mol. The summed E-state index contributed by atoms with van der Waals surface area (Å²) in [6.07, 6.45) is -5.89. The first-order valence-electron chi connectivity index (χ1n) is 11.8. The van der Waals surface area contributed by atoms with Crippen molar-refractivity contribution in [1.29, 1.82) is 0 Å². The molecule has 0 aliphatic heterocycles. The largest absolute Gasteiger partial charge is 0.394 e. The van der Waals surface area contributed by atoms with E-state index in [-0.39, 0.29) is 11.1 Å². The van der Waals surface area contributed by atoms with E-state index < -0.39 is 24.8 Å². The average molecular weight is 404 g/mol. The third-order valence-electron chi connectivity index (χ3n) is 5.06. The van der Waals surface area contributed by atoms with E-state index in [1.165, 1.54) is 24.3 Å². The molecule has 1 nitrogen and oxygen atoms in total. The van der Waals surface area contributed by atoms with Crippen LogP contribution >= 0.6 is 0 Å². The standard InChI is InChI=1S/C25H27F3N/c1-17-8-6-7-9-21(17)23-14-22(18(2)16-29(23)5)20-12-10-19(11-13-20)15-24(3,4)25(26,27)28/h6-14,16H,15H2,1-5H3/q+1/i2D3,15D2. The van der Waals surface area contributed by atoms with Crippen molar-refractivity contribution in [3.8, 4) is 22.4 Å². The lowest BCUT2D eigenvalue weighted by atomic mass is 9.84. The molecule has 0 spiro atoms. The van der Waals surface area contributed by atoms with Gasteiger partial charge in [0.05, 0.1) is 5.41 Å². The van der Waals surface area contributed by atoms with Crippen molar-refractivity contribution in [1.82, 2.24) is 0 Å². The number of halogens is 3. The number of hydrogen-bond donors (Lipinski definition) is 0. The molecule has 0 N–H and O–H groups in total. The maximum atomic E-state index is 13.5. The summed E-state index contributed by atoms with van der Waals surface area (Å²) in [6, 6.07) is 15.0. The fourth-order valence-electron chi connectivity index (χ4n) is 3.18. The maximum absolute atomic E-state index is 13.5. The van der Waals surface area contributed by atoms with Gasteiger partial charge in [0.15, 0.2) is 6.20 Å². The first kappa shape index (κ1) is 15.3. The van der Waals surface area contributed by atoms with Crippen LogP contribution in [0.1, 0.15) is 37.4 Å². The number of hydrogen-bond acceptors (Lipinski definition) is 0. The van der Waals surface area contributed by atoms with E-state index in [1.807, 2.05) is 31.2 Å². The van der Waals surface area contributed by atoms with Crippen LogP contribution in [0, 0.1) is 19.2 Å². The van der Waals surface area contributed by atoms with Crippen molar-refractivity contribution in [2.75, 3.05) is 0 Å². The van der Waals surface area contributed by atoms with E-state index in [0.717, 1.165) is 30.7 Å². The van der Waals surface area contributed by atoms with Crippen LogP contribution in [0.4, 0.5) is 13.2 Å². The number of nitrogens with zero attached hydrogens (tertiary/aromatic N) is 1. The zero-order valence-electron chi connectivity index (χ0n) is 21.9. The van der Waals surface area contributed by atoms with Gasteiger partial charge in [-0.3, -0.25) is 0 Å². The van der Waals surface area contributed by atoms with E-state index >= 15 is 0 Å². The van der Waals surface area contributed by atoms with E-state index in [9.17, 15) is 13.2 Å². The lowest BCUT2D eigenvalue weighted by Gasteiger charge is -2.27. The highest BCUT2D eigenvalue weighted by Gasteiger charge is 2.46. The zero-order valence-corrected chi connectivity index (χ0v) is 16.9. The minimum Gasteiger partial charge on any atom is -0.201 e. The quantitative estimate of drug-likeness (QED) is 0.433. The molecule has 0 aliphatic rings. The van der Waals surface area contributed by atoms with Gasteiger partial charge in [-0.05, 0) is 48.5 Å². The topological polar surface area (TPSA) is 3.88 Å². The molecule has 0 atom stereocenters. The van der Waals surface area contributed by atoms with Crippen LogP contribution in [-0.2, 0) is 13.4 Å². The lowest BCUT2D eigenvalue weighted by Crippen LogP contribution is -2.34. The first-order valence-corrected chi connectivity index (χ1v) is 9.26. The highest BCUT2D eigenvalue weighted by molar-refractivity contribution is 5.72. The fraction of sp³-hybridized carbons (Fsp3) is 0.320. The van der Waals surface area contributed by atoms with Crippen molar-refractivity contribution in [2.24, 2.45) is 12.5 Å². The highest BCUT2D eigenvalue weighted by atomic mass is 19.4. The Labute approximate surface area is 177 Å². The number of benzene rings is 2. The second kappa shape index (κ2) is 7.66. The van der Waals surface area contributed by atoms with Crippen molar-refractivity contribution < 1.29 is 24.6 Å². The van der Waals surface area contributed by atoms with Gasteiger partial charge in [-0.15, -0.1) is 0 Å². The Hall–Kier alpha value is -2.62. The number of pyridine rings is 1. The smallest absolute Gasteiger partial charge is 0.201 e. The number of aryl methyl sites for hydroxylation is 3. The van der Waals surface area contributed by atoms with Crippen LogP contribution in [0.25, 0.3) is 22.4 Å². The van der Waals surface area contributed by atoms with Crippen LogP contribution in [-0.4, -0.2) is 6.18 Å². The van der Waals surface area contributed by atoms with Gasteiger partial charge in [0, 0.05) is 24.0 Å². The van der Waals surface area contributed by atoms with Crippen LogP contribution in [0.3, 0.4) is 0 Å². The molecule has 0 fully saturated rings. The van der Waals surface area contributed by atoms with Crippen LogP contribution in [0.15, 0.2) is 60.8 Å². The predicted octanol–water partition coefficient (Wildman–Crippen LogP) is 6.59. The molecule has 4 heteroatoms. The molecular weight excluding hydrogens is 371 g/mol. The summed E-state index contributed by atoms with van der Waals surface area (Å²) in [5.41, 5.74) is 0.937. The molecule has 0 radical (unpaired) electrons. The molecule has 3 aromatic rings. The molecule has 152 valence electrons. The SMILES string of the molecule is [2H]C([2H])([2H])c1c[n+](C)c(-c2ccccc2C)cc1-c1ccc(C([2H])([2H])C(C)(C)C(F)(F)F)cc1. The van der Waals surface area contributed by atoms with E-state index in [4.69, 9.17) is 6.85 Å². The van der Waals surface area contributed by atoms with Crippen molar-refractivity contribution in [2.45, 2.75) is 40.2 Å². The Kier molecular flexibility index (Phi) is 4.03. The average Bonchev–Trinajstić information content (AvgIpc) is 2.72. The molecule has 2 aromatic carbocycles. The van der Waals surface area contributed by atoms with Crippen molar-refractivity contribution >= 4 is 0 Å². The molecule has 1 heterocycles. The zero-order chi connectivity index (χ0) is 25.7. The van der Waals surface area contributed by atoms with Gasteiger partial charge in [0.25, 0.3) is 0 Å². The first-order chi connectivity index (χ1) is 15.5. The summed E-state index contributed by atoms with van der Waals surface area (Å²) in [7, 11) is 1.76. The predicted molar refractivity (Wildman–Crippen MR) is 112 cm³/mol. The second-order valence-electron chi connectivity index (χ2n) is 7.74. The number of rotatable bonds is 4. The molecule has 0 bridgehead atoms. The van der Waals surface area contributed by atoms with Gasteiger partial charge in [-0.1, -0.05) is 56.3 Å². The van der Waals surface area contributed by atoms with Gasteiger partial charge in [-0.25, -0.2) is 4.57 Å². The van der Waals surface area contributed by atoms with Crippen LogP contribution in [0.5, 0.6) is 0 Å². The van der Waals surface area contributed by atoms with Gasteiger partial charge >= 0.3 is 6.18 Å². The molecule has 3 rings (SSSR count). The molecule has 0 saturated carbocycles. The lowest BCUT2D eigenvalue weighted by molar-refractivity contribution is -0.660. The summed E-state index contributed by atoms with van der Waals surface area (Å²) in [4.78, 5) is 0. The molecule has 0 amide bonds. The Morgan fingerprint density at radius 1 is 0.966 bits per heavy atom. The van der Waals surface area contributed by atoms with Gasteiger partial charge in [0.1, 0.15) is 7.05 Å². The van der Waals surface area contributed by atoms with Crippen LogP contribution < -0.4 is 4.57 Å². The van der Waals surface area contributed by atoms with Crippen molar-refractivity contribution in [3.63, 3.8) is 0 Å². The molecule has 0 unspecified atom stereocenters. The maximum Gasteiger partial charge on any atom is 0.394 e. The van der Waals surface area contributed by atoms with Crippen LogP contribution in [0.2, 0.25) is 0 Å². The number of alkyl halides is 3. The number of aromatic nitrogens is 1. The van der Waals surface area contributed by atoms with E-state index in [1.54, 1.807) is 23.9 Å². The van der Waals surface area contributed by atoms with Gasteiger partial charge < -0.3 is 0 Å². The Morgan fingerprint density at radius 2 is 1.62 bits per heavy atom. The summed E-state index contributed by atoms with van der Waals surface area (Å²) in [6.45, 7) is 1.19. The summed E-state index contributed by atoms with van der Waals surface area (Å²) < 4.78 is 82.7. The molecule has 29 heavy (non-hydrogen) atoms. The minimum atomic E-state index is -4.75. The fourth-order valence-corrected chi connectivity index (χ4v) is 3.18. The molecule has 0 saturated heterocycles. The minimum absolute atomic E-state index is 0.0960. The molecule has 0 aliphatic carbocycles. The summed E-state index contributed by atoms with van der Waals surface area (Å²) in [5, 5.41) is 0. The third-order valence-corrected chi connectivity index (χ3v) is 5.06. The third kappa shape index (κ3) is 4.36. The Balaban J connectivity index is 2.18. The second-order valence-corrected chi connectivity index (χ2v) is 7.74. The van der Waals surface area contributed by atoms with Gasteiger partial charge in [0.2, 0.25) is 5.69 Å². The summed E-state index contributed by atoms with van der Waals surface area (Å²) >= 11 is 0. The summed E-state index contributed by atoms with van der Waals surface area (Å²) in [5.74, 6) is 0. The Bertz CT molecular complexity index is 1200. The van der Waals surface area contributed by atoms with E-state index in [2.05, 4.69) is 0 Å².